The number of carbonyl (C=O) groups is 3. The second-order valence-electron chi connectivity index (χ2n) is 10.6. The minimum Gasteiger partial charge on any atom is -0.497 e. The van der Waals surface area contributed by atoms with E-state index in [4.69, 9.17) is 15.2 Å². The second-order valence-corrected chi connectivity index (χ2v) is 10.6. The lowest BCUT2D eigenvalue weighted by Crippen LogP contribution is -2.49. The third-order valence-corrected chi connectivity index (χ3v) is 7.41. The first kappa shape index (κ1) is 32.0. The number of methoxy groups -OCH3 is 1. The molecular formula is C36H39N3O5. The summed E-state index contributed by atoms with van der Waals surface area (Å²) in [5, 5.41) is 5.97. The number of nitrogens with two attached hydrogens (primary N) is 1. The average molecular weight is 594 g/mol. The SMILES string of the molecule is COc1cccc(C(C)NC(=O)[C@@H](CC[C@H](N)C(=O)OCc2ccccc2)NC(=O)C(c2ccccc2)c2ccccc2)c1. The summed E-state index contributed by atoms with van der Waals surface area (Å²) in [5.74, 6) is -1.28. The van der Waals surface area contributed by atoms with Crippen molar-refractivity contribution in [3.8, 4) is 5.75 Å². The molecule has 4 aromatic carbocycles. The molecule has 228 valence electrons. The number of amides is 2. The highest BCUT2D eigenvalue weighted by Crippen LogP contribution is 2.25. The molecule has 0 saturated heterocycles. The molecule has 2 amide bonds. The fraction of sp³-hybridized carbons (Fsp3) is 0.250. The van der Waals surface area contributed by atoms with Crippen LogP contribution in [0.1, 0.15) is 54.0 Å². The van der Waals surface area contributed by atoms with E-state index < -0.39 is 29.9 Å². The normalized spacial score (nSPS) is 12.9. The van der Waals surface area contributed by atoms with Gasteiger partial charge in [0.1, 0.15) is 24.4 Å². The zero-order valence-corrected chi connectivity index (χ0v) is 25.0. The maximum Gasteiger partial charge on any atom is 0.323 e. The smallest absolute Gasteiger partial charge is 0.323 e. The molecule has 1 unspecified atom stereocenters. The van der Waals surface area contributed by atoms with Gasteiger partial charge in [-0.1, -0.05) is 103 Å². The van der Waals surface area contributed by atoms with Gasteiger partial charge in [-0.25, -0.2) is 0 Å². The fourth-order valence-electron chi connectivity index (χ4n) is 4.92. The van der Waals surface area contributed by atoms with Crippen LogP contribution in [-0.2, 0) is 25.7 Å². The highest BCUT2D eigenvalue weighted by Gasteiger charge is 2.30. The Bertz CT molecular complexity index is 1460. The molecule has 0 heterocycles. The predicted octanol–water partition coefficient (Wildman–Crippen LogP) is 5.04. The third kappa shape index (κ3) is 9.02. The molecule has 0 radical (unpaired) electrons. The summed E-state index contributed by atoms with van der Waals surface area (Å²) >= 11 is 0. The lowest BCUT2D eigenvalue weighted by atomic mass is 9.90. The Balaban J connectivity index is 1.51. The van der Waals surface area contributed by atoms with Gasteiger partial charge in [-0.3, -0.25) is 14.4 Å². The molecule has 3 atom stereocenters. The van der Waals surface area contributed by atoms with Crippen LogP contribution in [-0.4, -0.2) is 37.0 Å². The van der Waals surface area contributed by atoms with Gasteiger partial charge in [0, 0.05) is 0 Å². The molecule has 0 aliphatic heterocycles. The Hall–Kier alpha value is -4.95. The second kappa shape index (κ2) is 16.0. The van der Waals surface area contributed by atoms with Crippen LogP contribution in [0.5, 0.6) is 5.75 Å². The summed E-state index contributed by atoms with van der Waals surface area (Å²) in [4.78, 5) is 40.3. The quantitative estimate of drug-likeness (QED) is 0.176. The van der Waals surface area contributed by atoms with E-state index in [0.717, 1.165) is 22.3 Å². The summed E-state index contributed by atoms with van der Waals surface area (Å²) < 4.78 is 10.7. The van der Waals surface area contributed by atoms with E-state index in [0.29, 0.717) is 5.75 Å². The first-order valence-corrected chi connectivity index (χ1v) is 14.7. The van der Waals surface area contributed by atoms with E-state index in [-0.39, 0.29) is 31.4 Å². The van der Waals surface area contributed by atoms with E-state index in [1.165, 1.54) is 0 Å². The van der Waals surface area contributed by atoms with Crippen LogP contribution in [0.2, 0.25) is 0 Å². The van der Waals surface area contributed by atoms with Gasteiger partial charge in [-0.05, 0) is 54.2 Å². The zero-order chi connectivity index (χ0) is 31.3. The molecular weight excluding hydrogens is 554 g/mol. The molecule has 0 saturated carbocycles. The van der Waals surface area contributed by atoms with E-state index in [1.54, 1.807) is 7.11 Å². The Morgan fingerprint density at radius 3 is 1.86 bits per heavy atom. The number of esters is 1. The van der Waals surface area contributed by atoms with Crippen LogP contribution in [0.15, 0.2) is 115 Å². The van der Waals surface area contributed by atoms with E-state index >= 15 is 0 Å². The molecule has 8 nitrogen and oxygen atoms in total. The van der Waals surface area contributed by atoms with Crippen molar-refractivity contribution in [1.29, 1.82) is 0 Å². The molecule has 44 heavy (non-hydrogen) atoms. The van der Waals surface area contributed by atoms with E-state index in [1.807, 2.05) is 122 Å². The molecule has 0 aliphatic carbocycles. The molecule has 8 heteroatoms. The summed E-state index contributed by atoms with van der Waals surface area (Å²) in [5.41, 5.74) is 9.47. The fourth-order valence-corrected chi connectivity index (χ4v) is 4.92. The summed E-state index contributed by atoms with van der Waals surface area (Å²) in [6.45, 7) is 1.96. The van der Waals surface area contributed by atoms with Crippen molar-refractivity contribution in [2.45, 2.75) is 50.4 Å². The molecule has 4 aromatic rings. The average Bonchev–Trinajstić information content (AvgIpc) is 3.06. The van der Waals surface area contributed by atoms with Crippen LogP contribution in [0, 0.1) is 0 Å². The standard InChI is InChI=1S/C36H39N3O5/c1-25(29-19-12-20-30(23-29)43-2)38-34(40)32(22-21-31(37)36(42)44-24-26-13-6-3-7-14-26)39-35(41)33(27-15-8-4-9-16-27)28-17-10-5-11-18-28/h3-20,23,25,31-33H,21-22,24,37H2,1-2H3,(H,38,40)(H,39,41)/t25?,31-,32+/m0/s1. The van der Waals surface area contributed by atoms with Crippen molar-refractivity contribution in [1.82, 2.24) is 10.6 Å². The maximum absolute atomic E-state index is 13.9. The Labute approximate surface area is 258 Å². The minimum absolute atomic E-state index is 0.0991. The topological polar surface area (TPSA) is 120 Å². The van der Waals surface area contributed by atoms with Crippen LogP contribution >= 0.6 is 0 Å². The Morgan fingerprint density at radius 2 is 1.27 bits per heavy atom. The Morgan fingerprint density at radius 1 is 0.705 bits per heavy atom. The first-order valence-electron chi connectivity index (χ1n) is 14.7. The highest BCUT2D eigenvalue weighted by molar-refractivity contribution is 5.92. The Kier molecular flexibility index (Phi) is 11.7. The van der Waals surface area contributed by atoms with Crippen molar-refractivity contribution in [3.63, 3.8) is 0 Å². The number of rotatable bonds is 14. The minimum atomic E-state index is -0.972. The molecule has 0 aromatic heterocycles. The van der Waals surface area contributed by atoms with Gasteiger partial charge >= 0.3 is 5.97 Å². The van der Waals surface area contributed by atoms with Crippen molar-refractivity contribution in [3.05, 3.63) is 138 Å². The predicted molar refractivity (Wildman–Crippen MR) is 170 cm³/mol. The molecule has 0 bridgehead atoms. The maximum atomic E-state index is 13.9. The van der Waals surface area contributed by atoms with Crippen molar-refractivity contribution >= 4 is 17.8 Å². The summed E-state index contributed by atoms with van der Waals surface area (Å²) in [6, 6.07) is 33.2. The van der Waals surface area contributed by atoms with Crippen LogP contribution in [0.4, 0.5) is 0 Å². The number of hydrogen-bond donors (Lipinski definition) is 3. The van der Waals surface area contributed by atoms with Gasteiger partial charge < -0.3 is 25.8 Å². The van der Waals surface area contributed by atoms with E-state index in [2.05, 4.69) is 10.6 Å². The van der Waals surface area contributed by atoms with Crippen LogP contribution < -0.4 is 21.1 Å². The van der Waals surface area contributed by atoms with Crippen molar-refractivity contribution in [2.75, 3.05) is 7.11 Å². The number of ether oxygens (including phenoxy) is 2. The monoisotopic (exact) mass is 593 g/mol. The van der Waals surface area contributed by atoms with Gasteiger partial charge in [0.2, 0.25) is 11.8 Å². The van der Waals surface area contributed by atoms with Gasteiger partial charge in [0.15, 0.2) is 0 Å². The third-order valence-electron chi connectivity index (χ3n) is 7.41. The molecule has 0 aliphatic rings. The molecule has 4 rings (SSSR count). The lowest BCUT2D eigenvalue weighted by molar-refractivity contribution is -0.146. The van der Waals surface area contributed by atoms with Gasteiger partial charge in [0.05, 0.1) is 19.1 Å². The lowest BCUT2D eigenvalue weighted by Gasteiger charge is -2.25. The van der Waals surface area contributed by atoms with Gasteiger partial charge in [-0.2, -0.15) is 0 Å². The van der Waals surface area contributed by atoms with Crippen LogP contribution in [0.3, 0.4) is 0 Å². The van der Waals surface area contributed by atoms with E-state index in [9.17, 15) is 14.4 Å². The molecule has 4 N–H and O–H groups in total. The van der Waals surface area contributed by atoms with Crippen molar-refractivity contribution in [2.24, 2.45) is 5.73 Å². The molecule has 0 spiro atoms. The molecule has 0 fully saturated rings. The summed E-state index contributed by atoms with van der Waals surface area (Å²) in [6.07, 6.45) is 0.251. The van der Waals surface area contributed by atoms with Gasteiger partial charge in [0.25, 0.3) is 0 Å². The first-order chi connectivity index (χ1) is 21.4. The van der Waals surface area contributed by atoms with Crippen LogP contribution in [0.25, 0.3) is 0 Å². The van der Waals surface area contributed by atoms with Crippen molar-refractivity contribution < 1.29 is 23.9 Å². The number of benzene rings is 4. The number of carbonyl (C=O) groups excluding carboxylic acids is 3. The summed E-state index contributed by atoms with van der Waals surface area (Å²) in [7, 11) is 1.58. The van der Waals surface area contributed by atoms with Gasteiger partial charge in [-0.15, -0.1) is 0 Å². The number of nitrogens with one attached hydrogen (secondary N) is 2. The highest BCUT2D eigenvalue weighted by atomic mass is 16.5. The zero-order valence-electron chi connectivity index (χ0n) is 25.0. The largest absolute Gasteiger partial charge is 0.497 e. The number of hydrogen-bond acceptors (Lipinski definition) is 6.